The number of carbonyl (C=O) groups is 2. The maximum absolute atomic E-state index is 12.3. The molecule has 0 fully saturated rings. The van der Waals surface area contributed by atoms with Gasteiger partial charge in [0.05, 0.1) is 12.9 Å². The van der Waals surface area contributed by atoms with Gasteiger partial charge in [0.1, 0.15) is 6.04 Å². The molecule has 8 nitrogen and oxygen atoms in total. The number of aromatic nitrogens is 4. The lowest BCUT2D eigenvalue weighted by molar-refractivity contribution is -0.146. The Morgan fingerprint density at radius 1 is 1.26 bits per heavy atom. The third-order valence-electron chi connectivity index (χ3n) is 4.29. The monoisotopic (exact) mass is 391 g/mol. The number of hydrogen-bond acceptors (Lipinski definition) is 7. The summed E-state index contributed by atoms with van der Waals surface area (Å²) in [7, 11) is 1.32. The molecule has 2 rings (SSSR count). The van der Waals surface area contributed by atoms with Crippen LogP contribution in [-0.4, -0.2) is 50.5 Å². The van der Waals surface area contributed by atoms with Crippen molar-refractivity contribution in [1.82, 2.24) is 25.1 Å². The molecule has 2 aromatic heterocycles. The number of carbonyl (C=O) groups excluding carboxylic acids is 2. The van der Waals surface area contributed by atoms with Gasteiger partial charge in [0.15, 0.2) is 11.0 Å². The van der Waals surface area contributed by atoms with Crippen LogP contribution < -0.4 is 5.32 Å². The summed E-state index contributed by atoms with van der Waals surface area (Å²) >= 11 is 1.29. The second-order valence-corrected chi connectivity index (χ2v) is 6.97. The maximum atomic E-state index is 12.3. The molecule has 2 atom stereocenters. The zero-order valence-corrected chi connectivity index (χ0v) is 16.8. The molecule has 0 radical (unpaired) electrons. The van der Waals surface area contributed by atoms with Gasteiger partial charge in [0.25, 0.3) is 0 Å². The highest BCUT2D eigenvalue weighted by Gasteiger charge is 2.26. The summed E-state index contributed by atoms with van der Waals surface area (Å²) in [5.74, 6) is 0.184. The Morgan fingerprint density at radius 3 is 2.56 bits per heavy atom. The van der Waals surface area contributed by atoms with Crippen LogP contribution in [0.3, 0.4) is 0 Å². The van der Waals surface area contributed by atoms with E-state index in [1.807, 2.05) is 37.5 Å². The van der Waals surface area contributed by atoms with Crippen molar-refractivity contribution in [3.63, 3.8) is 0 Å². The molecule has 0 aromatic carbocycles. The standard InChI is InChI=1S/C18H25N5O3S/c1-5-12(3)15(17(25)26-4)20-14(24)11-27-18-22-21-16(23(18)6-2)13-7-9-19-10-8-13/h7-10,12,15H,5-6,11H2,1-4H3,(H,20,24)/t12-,15+/m1/s1. The van der Waals surface area contributed by atoms with Gasteiger partial charge in [0, 0.05) is 24.5 Å². The number of methoxy groups -OCH3 is 1. The molecule has 0 unspecified atom stereocenters. The summed E-state index contributed by atoms with van der Waals surface area (Å²) in [5, 5.41) is 11.9. The number of amides is 1. The molecule has 0 bridgehead atoms. The number of hydrogen-bond donors (Lipinski definition) is 1. The van der Waals surface area contributed by atoms with Gasteiger partial charge in [0.2, 0.25) is 5.91 Å². The summed E-state index contributed by atoms with van der Waals surface area (Å²) in [5.41, 5.74) is 0.915. The molecule has 146 valence electrons. The first-order chi connectivity index (χ1) is 13.0. The molecule has 1 N–H and O–H groups in total. The minimum atomic E-state index is -0.649. The van der Waals surface area contributed by atoms with Crippen LogP contribution in [0.15, 0.2) is 29.7 Å². The molecule has 9 heteroatoms. The Morgan fingerprint density at radius 2 is 1.96 bits per heavy atom. The highest BCUT2D eigenvalue weighted by Crippen LogP contribution is 2.23. The normalized spacial score (nSPS) is 13.0. The molecular weight excluding hydrogens is 366 g/mol. The van der Waals surface area contributed by atoms with E-state index in [0.29, 0.717) is 11.7 Å². The Hall–Kier alpha value is -2.42. The third-order valence-corrected chi connectivity index (χ3v) is 5.26. The van der Waals surface area contributed by atoms with E-state index in [-0.39, 0.29) is 17.6 Å². The second kappa shape index (κ2) is 10.1. The minimum absolute atomic E-state index is 0.0102. The van der Waals surface area contributed by atoms with Crippen molar-refractivity contribution in [1.29, 1.82) is 0 Å². The summed E-state index contributed by atoms with van der Waals surface area (Å²) in [4.78, 5) is 28.3. The van der Waals surface area contributed by atoms with E-state index in [1.54, 1.807) is 12.4 Å². The van der Waals surface area contributed by atoms with E-state index in [2.05, 4.69) is 20.5 Å². The first-order valence-corrected chi connectivity index (χ1v) is 9.83. The number of esters is 1. The van der Waals surface area contributed by atoms with Crippen molar-refractivity contribution < 1.29 is 14.3 Å². The Labute approximate surface area is 163 Å². The molecule has 0 saturated heterocycles. The summed E-state index contributed by atoms with van der Waals surface area (Å²) in [6.45, 7) is 6.54. The Kier molecular flexibility index (Phi) is 7.78. The van der Waals surface area contributed by atoms with Crippen molar-refractivity contribution in [3.8, 4) is 11.4 Å². The van der Waals surface area contributed by atoms with Gasteiger partial charge in [-0.3, -0.25) is 9.78 Å². The van der Waals surface area contributed by atoms with Crippen molar-refractivity contribution in [2.24, 2.45) is 5.92 Å². The lowest BCUT2D eigenvalue weighted by Crippen LogP contribution is -2.46. The van der Waals surface area contributed by atoms with Gasteiger partial charge >= 0.3 is 5.97 Å². The van der Waals surface area contributed by atoms with Crippen molar-refractivity contribution in [3.05, 3.63) is 24.5 Å². The highest BCUT2D eigenvalue weighted by molar-refractivity contribution is 7.99. The second-order valence-electron chi connectivity index (χ2n) is 6.03. The summed E-state index contributed by atoms with van der Waals surface area (Å²) < 4.78 is 6.74. The first-order valence-electron chi connectivity index (χ1n) is 8.85. The number of nitrogens with one attached hydrogen (secondary N) is 1. The molecule has 1 amide bonds. The van der Waals surface area contributed by atoms with Crippen molar-refractivity contribution in [2.45, 2.75) is 44.9 Å². The molecule has 0 aliphatic rings. The van der Waals surface area contributed by atoms with E-state index < -0.39 is 12.0 Å². The number of nitrogens with zero attached hydrogens (tertiary/aromatic N) is 4. The van der Waals surface area contributed by atoms with E-state index >= 15 is 0 Å². The minimum Gasteiger partial charge on any atom is -0.467 e. The van der Waals surface area contributed by atoms with E-state index in [4.69, 9.17) is 4.74 Å². The average molecular weight is 391 g/mol. The molecule has 0 spiro atoms. The molecule has 0 aliphatic heterocycles. The van der Waals surface area contributed by atoms with Crippen LogP contribution in [0.1, 0.15) is 27.2 Å². The SMILES string of the molecule is CC[C@@H](C)[C@H](NC(=O)CSc1nnc(-c2ccncc2)n1CC)C(=O)OC. The van der Waals surface area contributed by atoms with Crippen LogP contribution in [-0.2, 0) is 20.9 Å². The Bertz CT molecular complexity index is 766. The topological polar surface area (TPSA) is 99.0 Å². The van der Waals surface area contributed by atoms with Crippen LogP contribution in [0.5, 0.6) is 0 Å². The number of rotatable bonds is 9. The summed E-state index contributed by atoms with van der Waals surface area (Å²) in [6, 6.07) is 3.08. The molecule has 0 saturated carbocycles. The van der Waals surface area contributed by atoms with E-state index in [1.165, 1.54) is 18.9 Å². The molecule has 27 heavy (non-hydrogen) atoms. The molecular formula is C18H25N5O3S. The average Bonchev–Trinajstić information content (AvgIpc) is 3.12. The fraction of sp³-hybridized carbons (Fsp3) is 0.500. The lowest BCUT2D eigenvalue weighted by atomic mass is 9.99. The maximum Gasteiger partial charge on any atom is 0.328 e. The predicted molar refractivity (Wildman–Crippen MR) is 103 cm³/mol. The fourth-order valence-electron chi connectivity index (χ4n) is 2.54. The van der Waals surface area contributed by atoms with E-state index in [0.717, 1.165) is 17.8 Å². The Balaban J connectivity index is 2.05. The van der Waals surface area contributed by atoms with Gasteiger partial charge in [-0.05, 0) is 25.0 Å². The number of pyridine rings is 1. The van der Waals surface area contributed by atoms with Crippen LogP contribution in [0.25, 0.3) is 11.4 Å². The van der Waals surface area contributed by atoms with Gasteiger partial charge < -0.3 is 14.6 Å². The van der Waals surface area contributed by atoms with Gasteiger partial charge in [-0.25, -0.2) is 4.79 Å². The zero-order chi connectivity index (χ0) is 19.8. The highest BCUT2D eigenvalue weighted by atomic mass is 32.2. The third kappa shape index (κ3) is 5.29. The van der Waals surface area contributed by atoms with Gasteiger partial charge in [-0.1, -0.05) is 32.0 Å². The van der Waals surface area contributed by atoms with E-state index in [9.17, 15) is 9.59 Å². The molecule has 2 aromatic rings. The zero-order valence-electron chi connectivity index (χ0n) is 16.0. The van der Waals surface area contributed by atoms with Crippen LogP contribution >= 0.6 is 11.8 Å². The lowest BCUT2D eigenvalue weighted by Gasteiger charge is -2.21. The summed E-state index contributed by atoms with van der Waals surface area (Å²) in [6.07, 6.45) is 4.16. The molecule has 0 aliphatic carbocycles. The quantitative estimate of drug-likeness (QED) is 0.516. The van der Waals surface area contributed by atoms with Crippen LogP contribution in [0, 0.1) is 5.92 Å². The molecule has 2 heterocycles. The number of thioether (sulfide) groups is 1. The fourth-order valence-corrected chi connectivity index (χ4v) is 3.35. The van der Waals surface area contributed by atoms with Crippen LogP contribution in [0.2, 0.25) is 0 Å². The number of ether oxygens (including phenoxy) is 1. The smallest absolute Gasteiger partial charge is 0.328 e. The largest absolute Gasteiger partial charge is 0.467 e. The van der Waals surface area contributed by atoms with Crippen molar-refractivity contribution >= 4 is 23.6 Å². The predicted octanol–water partition coefficient (Wildman–Crippen LogP) is 2.16. The van der Waals surface area contributed by atoms with Gasteiger partial charge in [-0.2, -0.15) is 0 Å². The van der Waals surface area contributed by atoms with Gasteiger partial charge in [-0.15, -0.1) is 10.2 Å². The van der Waals surface area contributed by atoms with Crippen molar-refractivity contribution in [2.75, 3.05) is 12.9 Å². The first kappa shape index (κ1) is 20.9. The van der Waals surface area contributed by atoms with Crippen LogP contribution in [0.4, 0.5) is 0 Å².